The third-order valence-corrected chi connectivity index (χ3v) is 2.21. The molecule has 0 atom stereocenters. The molecule has 0 unspecified atom stereocenters. The van der Waals surface area contributed by atoms with Crippen molar-refractivity contribution < 1.29 is 4.74 Å². The summed E-state index contributed by atoms with van der Waals surface area (Å²) < 4.78 is 5.52. The Hall–Kier alpha value is -0.890. The van der Waals surface area contributed by atoms with Gasteiger partial charge in [0.05, 0.1) is 5.76 Å². The van der Waals surface area contributed by atoms with E-state index in [-0.39, 0.29) is 0 Å². The van der Waals surface area contributed by atoms with Gasteiger partial charge in [0.15, 0.2) is 0 Å². The van der Waals surface area contributed by atoms with Gasteiger partial charge in [0.1, 0.15) is 5.75 Å². The van der Waals surface area contributed by atoms with Gasteiger partial charge in [-0.2, -0.15) is 0 Å². The standard InChI is InChI=1S/C10H10OS/c1-7-2-3-8-4-5-9(12)6-10(8)11-7/h2,4-6,12H,3H2,1H3. The Morgan fingerprint density at radius 2 is 2.25 bits per heavy atom. The van der Waals surface area contributed by atoms with Gasteiger partial charge in [0, 0.05) is 4.90 Å². The van der Waals surface area contributed by atoms with E-state index >= 15 is 0 Å². The van der Waals surface area contributed by atoms with Crippen molar-refractivity contribution in [3.63, 3.8) is 0 Å². The molecule has 0 spiro atoms. The first kappa shape index (κ1) is 7.74. The van der Waals surface area contributed by atoms with E-state index in [1.165, 1.54) is 5.56 Å². The minimum atomic E-state index is 0.947. The summed E-state index contributed by atoms with van der Waals surface area (Å²) in [6, 6.07) is 6.00. The number of hydrogen-bond acceptors (Lipinski definition) is 2. The van der Waals surface area contributed by atoms with E-state index in [0.717, 1.165) is 22.8 Å². The molecule has 62 valence electrons. The molecule has 1 aromatic carbocycles. The fourth-order valence-electron chi connectivity index (χ4n) is 1.28. The van der Waals surface area contributed by atoms with Crippen LogP contribution in [0.25, 0.3) is 0 Å². The lowest BCUT2D eigenvalue weighted by atomic mass is 10.1. The van der Waals surface area contributed by atoms with Gasteiger partial charge >= 0.3 is 0 Å². The Balaban J connectivity index is 2.43. The summed E-state index contributed by atoms with van der Waals surface area (Å²) in [6.45, 7) is 1.97. The van der Waals surface area contributed by atoms with Crippen LogP contribution < -0.4 is 4.74 Å². The predicted octanol–water partition coefficient (Wildman–Crippen LogP) is 2.81. The number of hydrogen-bond donors (Lipinski definition) is 1. The van der Waals surface area contributed by atoms with E-state index in [1.807, 2.05) is 19.1 Å². The maximum atomic E-state index is 5.52. The molecule has 0 N–H and O–H groups in total. The second kappa shape index (κ2) is 2.87. The normalized spacial score (nSPS) is 14.7. The minimum absolute atomic E-state index is 0.947. The quantitative estimate of drug-likeness (QED) is 0.601. The van der Waals surface area contributed by atoms with Gasteiger partial charge in [0.2, 0.25) is 0 Å². The molecule has 1 nitrogen and oxygen atoms in total. The van der Waals surface area contributed by atoms with Crippen LogP contribution in [0, 0.1) is 0 Å². The zero-order valence-electron chi connectivity index (χ0n) is 6.87. The average Bonchev–Trinajstić information content (AvgIpc) is 2.03. The third kappa shape index (κ3) is 1.34. The van der Waals surface area contributed by atoms with E-state index in [1.54, 1.807) is 0 Å². The third-order valence-electron chi connectivity index (χ3n) is 1.93. The lowest BCUT2D eigenvalue weighted by molar-refractivity contribution is 0.411. The molecule has 12 heavy (non-hydrogen) atoms. The van der Waals surface area contributed by atoms with Crippen LogP contribution >= 0.6 is 12.6 Å². The summed E-state index contributed by atoms with van der Waals surface area (Å²) in [6.07, 6.45) is 3.05. The molecular weight excluding hydrogens is 168 g/mol. The lowest BCUT2D eigenvalue weighted by Gasteiger charge is -2.15. The van der Waals surface area contributed by atoms with Crippen LogP contribution in [0.1, 0.15) is 12.5 Å². The smallest absolute Gasteiger partial charge is 0.131 e. The number of ether oxygens (including phenoxy) is 1. The van der Waals surface area contributed by atoms with Gasteiger partial charge in [-0.05, 0) is 37.1 Å². The largest absolute Gasteiger partial charge is 0.462 e. The molecule has 2 heteroatoms. The summed E-state index contributed by atoms with van der Waals surface area (Å²) in [5, 5.41) is 0. The van der Waals surface area contributed by atoms with Crippen molar-refractivity contribution in [3.8, 4) is 5.75 Å². The molecule has 0 aromatic heterocycles. The van der Waals surface area contributed by atoms with Crippen LogP contribution in [0.15, 0.2) is 34.9 Å². The van der Waals surface area contributed by atoms with Gasteiger partial charge in [-0.15, -0.1) is 12.6 Å². The highest BCUT2D eigenvalue weighted by atomic mass is 32.1. The fraction of sp³-hybridized carbons (Fsp3) is 0.200. The molecule has 0 aliphatic carbocycles. The lowest BCUT2D eigenvalue weighted by Crippen LogP contribution is -2.01. The number of benzene rings is 1. The maximum absolute atomic E-state index is 5.52. The van der Waals surface area contributed by atoms with Crippen LogP contribution in [0.2, 0.25) is 0 Å². The highest BCUT2D eigenvalue weighted by molar-refractivity contribution is 7.80. The van der Waals surface area contributed by atoms with E-state index in [0.29, 0.717) is 0 Å². The van der Waals surface area contributed by atoms with Crippen LogP contribution in [-0.2, 0) is 6.42 Å². The molecular formula is C10H10OS. The molecule has 2 rings (SSSR count). The summed E-state index contributed by atoms with van der Waals surface area (Å²) in [7, 11) is 0. The monoisotopic (exact) mass is 178 g/mol. The first-order valence-electron chi connectivity index (χ1n) is 3.92. The van der Waals surface area contributed by atoms with Crippen molar-refractivity contribution in [2.75, 3.05) is 0 Å². The van der Waals surface area contributed by atoms with Crippen LogP contribution in [0.5, 0.6) is 5.75 Å². The zero-order chi connectivity index (χ0) is 8.55. The second-order valence-corrected chi connectivity index (χ2v) is 3.43. The van der Waals surface area contributed by atoms with Crippen LogP contribution in [0.3, 0.4) is 0 Å². The molecule has 0 bridgehead atoms. The average molecular weight is 178 g/mol. The molecule has 1 aliphatic rings. The van der Waals surface area contributed by atoms with Gasteiger partial charge in [-0.25, -0.2) is 0 Å². The number of thiol groups is 1. The molecule has 1 aromatic rings. The Kier molecular flexibility index (Phi) is 1.85. The minimum Gasteiger partial charge on any atom is -0.462 e. The van der Waals surface area contributed by atoms with Crippen LogP contribution in [-0.4, -0.2) is 0 Å². The SMILES string of the molecule is CC1=CCc2ccc(S)cc2O1. The Bertz CT molecular complexity index is 342. The zero-order valence-corrected chi connectivity index (χ0v) is 7.77. The second-order valence-electron chi connectivity index (χ2n) is 2.91. The van der Waals surface area contributed by atoms with Gasteiger partial charge < -0.3 is 4.74 Å². The molecule has 0 radical (unpaired) electrons. The van der Waals surface area contributed by atoms with Crippen molar-refractivity contribution >= 4 is 12.6 Å². The Labute approximate surface area is 77.5 Å². The number of allylic oxidation sites excluding steroid dienone is 2. The first-order chi connectivity index (χ1) is 5.75. The predicted molar refractivity (Wildman–Crippen MR) is 51.8 cm³/mol. The van der Waals surface area contributed by atoms with Crippen LogP contribution in [0.4, 0.5) is 0 Å². The van der Waals surface area contributed by atoms with Crippen molar-refractivity contribution in [2.24, 2.45) is 0 Å². The summed E-state index contributed by atoms with van der Waals surface area (Å²) in [4.78, 5) is 0.948. The topological polar surface area (TPSA) is 9.23 Å². The number of fused-ring (bicyclic) bond motifs is 1. The Morgan fingerprint density at radius 3 is 3.08 bits per heavy atom. The van der Waals surface area contributed by atoms with Crippen molar-refractivity contribution in [2.45, 2.75) is 18.2 Å². The fourth-order valence-corrected chi connectivity index (χ4v) is 1.47. The molecule has 0 amide bonds. The number of rotatable bonds is 0. The Morgan fingerprint density at radius 1 is 1.42 bits per heavy atom. The molecule has 0 saturated heterocycles. The molecule has 0 saturated carbocycles. The summed E-state index contributed by atoms with van der Waals surface area (Å²) in [5.41, 5.74) is 1.23. The highest BCUT2D eigenvalue weighted by Crippen LogP contribution is 2.28. The van der Waals surface area contributed by atoms with E-state index in [9.17, 15) is 0 Å². The molecule has 1 aliphatic heterocycles. The summed E-state index contributed by atoms with van der Waals surface area (Å²) >= 11 is 4.25. The van der Waals surface area contributed by atoms with E-state index < -0.39 is 0 Å². The van der Waals surface area contributed by atoms with Crippen molar-refractivity contribution in [1.82, 2.24) is 0 Å². The van der Waals surface area contributed by atoms with Crippen molar-refractivity contribution in [1.29, 1.82) is 0 Å². The molecule has 1 heterocycles. The van der Waals surface area contributed by atoms with Gasteiger partial charge in [-0.1, -0.05) is 6.07 Å². The highest BCUT2D eigenvalue weighted by Gasteiger charge is 2.08. The molecule has 0 fully saturated rings. The van der Waals surface area contributed by atoms with E-state index in [4.69, 9.17) is 4.74 Å². The van der Waals surface area contributed by atoms with Crippen molar-refractivity contribution in [3.05, 3.63) is 35.6 Å². The maximum Gasteiger partial charge on any atom is 0.131 e. The first-order valence-corrected chi connectivity index (χ1v) is 4.37. The van der Waals surface area contributed by atoms with Gasteiger partial charge in [-0.3, -0.25) is 0 Å². The van der Waals surface area contributed by atoms with Gasteiger partial charge in [0.25, 0.3) is 0 Å². The van der Waals surface area contributed by atoms with E-state index in [2.05, 4.69) is 24.8 Å². The summed E-state index contributed by atoms with van der Waals surface area (Å²) in [5.74, 6) is 1.92.